The molecular formula is C15H18. The van der Waals surface area contributed by atoms with Crippen LogP contribution in [0.3, 0.4) is 0 Å². The third kappa shape index (κ3) is 12.3. The van der Waals surface area contributed by atoms with Gasteiger partial charge in [-0.1, -0.05) is 55.9 Å². The molecule has 0 radical (unpaired) electrons. The van der Waals surface area contributed by atoms with E-state index in [2.05, 4.69) is 36.7 Å². The van der Waals surface area contributed by atoms with Crippen LogP contribution >= 0.6 is 0 Å². The number of allylic oxidation sites excluding steroid dienone is 6. The molecule has 0 saturated carbocycles. The lowest BCUT2D eigenvalue weighted by molar-refractivity contribution is 0.815. The van der Waals surface area contributed by atoms with Crippen molar-refractivity contribution in [3.63, 3.8) is 0 Å². The zero-order valence-electron chi connectivity index (χ0n) is 9.59. The van der Waals surface area contributed by atoms with Crippen LogP contribution in [-0.2, 0) is 0 Å². The first kappa shape index (κ1) is 13.3. The Balaban J connectivity index is 3.71. The Labute approximate surface area is 93.8 Å². The molecule has 0 aliphatic carbocycles. The third-order valence-electron chi connectivity index (χ3n) is 1.61. The smallest absolute Gasteiger partial charge is 0.0102 e. The van der Waals surface area contributed by atoms with Gasteiger partial charge in [0.2, 0.25) is 0 Å². The summed E-state index contributed by atoms with van der Waals surface area (Å²) in [5, 5.41) is 0. The Morgan fingerprint density at radius 1 is 1.00 bits per heavy atom. The van der Waals surface area contributed by atoms with Gasteiger partial charge in [-0.2, -0.15) is 0 Å². The van der Waals surface area contributed by atoms with Crippen LogP contribution in [-0.4, -0.2) is 0 Å². The molecule has 0 N–H and O–H groups in total. The summed E-state index contributed by atoms with van der Waals surface area (Å²) in [6, 6.07) is 0. The summed E-state index contributed by atoms with van der Waals surface area (Å²) < 4.78 is 0. The van der Waals surface area contributed by atoms with Gasteiger partial charge in [0.25, 0.3) is 0 Å². The second-order valence-electron chi connectivity index (χ2n) is 2.97. The van der Waals surface area contributed by atoms with Gasteiger partial charge in [0, 0.05) is 0 Å². The minimum absolute atomic E-state index is 1.15. The number of hydrogen-bond donors (Lipinski definition) is 0. The second kappa shape index (κ2) is 12.3. The summed E-state index contributed by atoms with van der Waals surface area (Å²) in [4.78, 5) is 0. The number of hydrogen-bond acceptors (Lipinski definition) is 0. The molecule has 0 nitrogen and oxygen atoms in total. The predicted molar refractivity (Wildman–Crippen MR) is 68.2 cm³/mol. The highest BCUT2D eigenvalue weighted by atomic mass is 13.8. The summed E-state index contributed by atoms with van der Waals surface area (Å²) in [5.74, 6) is 11.1. The lowest BCUT2D eigenvalue weighted by Crippen LogP contribution is -1.64. The minimum Gasteiger partial charge on any atom is -0.0845 e. The van der Waals surface area contributed by atoms with Crippen LogP contribution in [0.1, 0.15) is 33.1 Å². The molecule has 0 heteroatoms. The largest absolute Gasteiger partial charge is 0.0845 e. The van der Waals surface area contributed by atoms with Crippen LogP contribution in [0.15, 0.2) is 36.5 Å². The Morgan fingerprint density at radius 2 is 1.73 bits per heavy atom. The van der Waals surface area contributed by atoms with Crippen LogP contribution in [0.25, 0.3) is 0 Å². The van der Waals surface area contributed by atoms with Gasteiger partial charge in [-0.3, -0.25) is 0 Å². The van der Waals surface area contributed by atoms with E-state index in [1.54, 1.807) is 6.08 Å². The molecule has 0 aliphatic rings. The van der Waals surface area contributed by atoms with Crippen molar-refractivity contribution < 1.29 is 0 Å². The van der Waals surface area contributed by atoms with E-state index in [-0.39, 0.29) is 0 Å². The SMILES string of the molecule is C/C=C/C#CC#C/C=C\C=C\CCCC. The average Bonchev–Trinajstić information content (AvgIpc) is 2.26. The molecule has 0 bridgehead atoms. The molecule has 0 rings (SSSR count). The molecule has 0 spiro atoms. The minimum atomic E-state index is 1.15. The number of rotatable bonds is 4. The molecule has 0 atom stereocenters. The van der Waals surface area contributed by atoms with Crippen LogP contribution in [0.4, 0.5) is 0 Å². The summed E-state index contributed by atoms with van der Waals surface area (Å²) in [5.41, 5.74) is 0. The molecule has 0 aliphatic heterocycles. The second-order valence-corrected chi connectivity index (χ2v) is 2.97. The summed E-state index contributed by atoms with van der Waals surface area (Å²) in [7, 11) is 0. The maximum atomic E-state index is 2.85. The molecule has 0 fully saturated rings. The first-order chi connectivity index (χ1) is 7.41. The highest BCUT2D eigenvalue weighted by Gasteiger charge is 1.74. The van der Waals surface area contributed by atoms with Gasteiger partial charge in [-0.25, -0.2) is 0 Å². The summed E-state index contributed by atoms with van der Waals surface area (Å²) >= 11 is 0. The lowest BCUT2D eigenvalue weighted by Gasteiger charge is -1.84. The van der Waals surface area contributed by atoms with Crippen LogP contribution in [0.5, 0.6) is 0 Å². The van der Waals surface area contributed by atoms with Crippen molar-refractivity contribution >= 4 is 0 Å². The van der Waals surface area contributed by atoms with Crippen molar-refractivity contribution in [2.75, 3.05) is 0 Å². The lowest BCUT2D eigenvalue weighted by atomic mass is 10.2. The summed E-state index contributed by atoms with van der Waals surface area (Å²) in [6.45, 7) is 4.13. The van der Waals surface area contributed by atoms with Gasteiger partial charge in [0.15, 0.2) is 0 Å². The highest BCUT2D eigenvalue weighted by Crippen LogP contribution is 1.94. The van der Waals surface area contributed by atoms with E-state index < -0.39 is 0 Å². The molecule has 0 saturated heterocycles. The topological polar surface area (TPSA) is 0 Å². The standard InChI is InChI=1S/C15H18/c1-3-5-7-9-11-13-15-14-12-10-8-6-4-2/h3,5,10,12,14-15H,4,6,8H2,1-2H3/b5-3+,12-10+,15-14-. The molecule has 0 amide bonds. The summed E-state index contributed by atoms with van der Waals surface area (Å²) in [6.07, 6.45) is 15.3. The predicted octanol–water partition coefficient (Wildman–Crippen LogP) is 3.87. The quantitative estimate of drug-likeness (QED) is 0.365. The molecule has 78 valence electrons. The monoisotopic (exact) mass is 198 g/mol. The normalized spacial score (nSPS) is 10.3. The maximum Gasteiger partial charge on any atom is -0.0102 e. The molecule has 0 aromatic rings. The Bertz CT molecular complexity index is 332. The molecule has 0 unspecified atom stereocenters. The zero-order chi connectivity index (χ0) is 11.2. The van der Waals surface area contributed by atoms with Gasteiger partial charge in [0.05, 0.1) is 0 Å². The number of unbranched alkanes of at least 4 members (excludes halogenated alkanes) is 2. The zero-order valence-corrected chi connectivity index (χ0v) is 9.59. The fourth-order valence-electron chi connectivity index (χ4n) is 0.839. The molecule has 0 heterocycles. The fraction of sp³-hybridized carbons (Fsp3) is 0.333. The van der Waals surface area contributed by atoms with Gasteiger partial charge in [0.1, 0.15) is 0 Å². The van der Waals surface area contributed by atoms with Gasteiger partial charge in [-0.15, -0.1) is 0 Å². The van der Waals surface area contributed by atoms with E-state index in [4.69, 9.17) is 0 Å². The van der Waals surface area contributed by atoms with E-state index in [1.165, 1.54) is 12.8 Å². The Hall–Kier alpha value is -1.66. The molecule has 15 heavy (non-hydrogen) atoms. The first-order valence-electron chi connectivity index (χ1n) is 5.35. The van der Waals surface area contributed by atoms with Gasteiger partial charge < -0.3 is 0 Å². The van der Waals surface area contributed by atoms with Crippen molar-refractivity contribution in [2.24, 2.45) is 0 Å². The highest BCUT2D eigenvalue weighted by molar-refractivity contribution is 5.34. The molecule has 0 aromatic carbocycles. The molecular weight excluding hydrogens is 180 g/mol. The van der Waals surface area contributed by atoms with E-state index >= 15 is 0 Å². The van der Waals surface area contributed by atoms with Crippen molar-refractivity contribution in [1.29, 1.82) is 0 Å². The average molecular weight is 198 g/mol. The Morgan fingerprint density at radius 3 is 2.40 bits per heavy atom. The Kier molecular flexibility index (Phi) is 11.0. The van der Waals surface area contributed by atoms with E-state index in [1.807, 2.05) is 31.2 Å². The van der Waals surface area contributed by atoms with Crippen molar-refractivity contribution in [3.05, 3.63) is 36.5 Å². The van der Waals surface area contributed by atoms with Gasteiger partial charge >= 0.3 is 0 Å². The van der Waals surface area contributed by atoms with E-state index in [9.17, 15) is 0 Å². The van der Waals surface area contributed by atoms with Crippen molar-refractivity contribution in [1.82, 2.24) is 0 Å². The fourth-order valence-corrected chi connectivity index (χ4v) is 0.839. The van der Waals surface area contributed by atoms with Crippen LogP contribution < -0.4 is 0 Å². The first-order valence-corrected chi connectivity index (χ1v) is 5.35. The van der Waals surface area contributed by atoms with Crippen LogP contribution in [0.2, 0.25) is 0 Å². The van der Waals surface area contributed by atoms with Crippen molar-refractivity contribution in [2.45, 2.75) is 33.1 Å². The van der Waals surface area contributed by atoms with Crippen LogP contribution in [0, 0.1) is 23.7 Å². The van der Waals surface area contributed by atoms with E-state index in [0.717, 1.165) is 6.42 Å². The van der Waals surface area contributed by atoms with Gasteiger partial charge in [-0.05, 0) is 37.3 Å². The van der Waals surface area contributed by atoms with Crippen molar-refractivity contribution in [3.8, 4) is 23.7 Å². The van der Waals surface area contributed by atoms with E-state index in [0.29, 0.717) is 0 Å². The third-order valence-corrected chi connectivity index (χ3v) is 1.61. The maximum absolute atomic E-state index is 2.85. The molecule has 0 aromatic heterocycles.